The first kappa shape index (κ1) is 21.8. The molecule has 0 saturated heterocycles. The first-order chi connectivity index (χ1) is 15.5. The average Bonchev–Trinajstić information content (AvgIpc) is 3.33. The van der Waals surface area contributed by atoms with E-state index in [4.69, 9.17) is 4.74 Å². The van der Waals surface area contributed by atoms with E-state index >= 15 is 0 Å². The van der Waals surface area contributed by atoms with Crippen molar-refractivity contribution in [2.45, 2.75) is 26.8 Å². The number of nitrogens with zero attached hydrogens (tertiary/aromatic N) is 1. The van der Waals surface area contributed by atoms with Crippen LogP contribution in [-0.2, 0) is 16.1 Å². The zero-order chi connectivity index (χ0) is 22.7. The van der Waals surface area contributed by atoms with Crippen LogP contribution < -0.4 is 5.32 Å². The van der Waals surface area contributed by atoms with Crippen molar-refractivity contribution in [3.8, 4) is 11.1 Å². The summed E-state index contributed by atoms with van der Waals surface area (Å²) in [7, 11) is 0. The largest absolute Gasteiger partial charge is 0.462 e. The summed E-state index contributed by atoms with van der Waals surface area (Å²) < 4.78 is 20.7. The number of anilines is 1. The first-order valence-electron chi connectivity index (χ1n) is 10.4. The van der Waals surface area contributed by atoms with E-state index in [2.05, 4.69) is 5.32 Å². The maximum absolute atomic E-state index is 13.4. The number of ether oxygens (including phenoxy) is 1. The molecule has 32 heavy (non-hydrogen) atoms. The number of hydrogen-bond donors (Lipinski definition) is 1. The zero-order valence-corrected chi connectivity index (χ0v) is 18.7. The van der Waals surface area contributed by atoms with Gasteiger partial charge in [-0.05, 0) is 49.1 Å². The normalized spacial score (nSPS) is 11.0. The predicted molar refractivity (Wildman–Crippen MR) is 126 cm³/mol. The first-order valence-corrected chi connectivity index (χ1v) is 11.2. The van der Waals surface area contributed by atoms with E-state index in [1.807, 2.05) is 48.0 Å². The molecule has 0 unspecified atom stereocenters. The number of rotatable bonds is 7. The molecule has 0 aliphatic heterocycles. The molecule has 2 aromatic heterocycles. The van der Waals surface area contributed by atoms with E-state index in [1.165, 1.54) is 23.5 Å². The molecule has 7 heteroatoms. The fourth-order valence-electron chi connectivity index (χ4n) is 3.74. The molecule has 0 bridgehead atoms. The number of aryl methyl sites for hydroxylation is 2. The van der Waals surface area contributed by atoms with Crippen LogP contribution in [0.3, 0.4) is 0 Å². The van der Waals surface area contributed by atoms with Crippen LogP contribution in [0.25, 0.3) is 22.0 Å². The van der Waals surface area contributed by atoms with Crippen LogP contribution in [0.15, 0.2) is 60.8 Å². The van der Waals surface area contributed by atoms with Crippen LogP contribution in [-0.4, -0.2) is 23.1 Å². The average molecular weight is 451 g/mol. The predicted octanol–water partition coefficient (Wildman–Crippen LogP) is 6.02. The molecule has 0 aliphatic rings. The molecule has 4 aromatic rings. The number of para-hydroxylation sites is 1. The van der Waals surface area contributed by atoms with Gasteiger partial charge in [0.2, 0.25) is 5.91 Å². The molecule has 0 spiro atoms. The number of nitrogens with one attached hydrogen (secondary N) is 1. The number of fused-ring (bicyclic) bond motifs is 1. The van der Waals surface area contributed by atoms with Gasteiger partial charge in [0.25, 0.3) is 0 Å². The van der Waals surface area contributed by atoms with E-state index in [0.717, 1.165) is 15.8 Å². The highest BCUT2D eigenvalue weighted by atomic mass is 32.1. The summed E-state index contributed by atoms with van der Waals surface area (Å²) in [4.78, 5) is 26.4. The molecule has 164 valence electrons. The van der Waals surface area contributed by atoms with Crippen LogP contribution >= 0.6 is 11.3 Å². The quantitative estimate of drug-likeness (QED) is 0.350. The molecule has 2 aromatic carbocycles. The van der Waals surface area contributed by atoms with Crippen molar-refractivity contribution in [2.24, 2.45) is 0 Å². The number of amides is 1. The van der Waals surface area contributed by atoms with Crippen molar-refractivity contribution in [1.29, 1.82) is 0 Å². The SMILES string of the molecule is CCOC(=O)c1c(NC(=O)CCn2ccc3ccccc32)sc(C)c1-c1ccc(F)cc1. The van der Waals surface area contributed by atoms with Crippen LogP contribution in [0.1, 0.15) is 28.6 Å². The van der Waals surface area contributed by atoms with Crippen molar-refractivity contribution in [1.82, 2.24) is 4.57 Å². The van der Waals surface area contributed by atoms with E-state index in [9.17, 15) is 14.0 Å². The van der Waals surface area contributed by atoms with E-state index in [0.29, 0.717) is 28.2 Å². The lowest BCUT2D eigenvalue weighted by atomic mass is 10.0. The van der Waals surface area contributed by atoms with E-state index in [1.54, 1.807) is 19.1 Å². The summed E-state index contributed by atoms with van der Waals surface area (Å²) in [5, 5.41) is 4.46. The van der Waals surface area contributed by atoms with Gasteiger partial charge in [-0.1, -0.05) is 30.3 Å². The third-order valence-electron chi connectivity index (χ3n) is 5.21. The van der Waals surface area contributed by atoms with Gasteiger partial charge in [-0.2, -0.15) is 0 Å². The van der Waals surface area contributed by atoms with Crippen molar-refractivity contribution in [2.75, 3.05) is 11.9 Å². The molecule has 1 amide bonds. The second-order valence-corrected chi connectivity index (χ2v) is 8.56. The zero-order valence-electron chi connectivity index (χ0n) is 17.9. The molecule has 2 heterocycles. The minimum absolute atomic E-state index is 0.194. The number of esters is 1. The van der Waals surface area contributed by atoms with Gasteiger partial charge < -0.3 is 14.6 Å². The fourth-order valence-corrected chi connectivity index (χ4v) is 4.82. The molecule has 1 N–H and O–H groups in total. The topological polar surface area (TPSA) is 60.3 Å². The standard InChI is InChI=1S/C25H23FN2O3S/c1-3-31-25(30)23-22(18-8-10-19(26)11-9-18)16(2)32-24(23)27-21(29)13-15-28-14-12-17-6-4-5-7-20(17)28/h4-12,14H,3,13,15H2,1-2H3,(H,27,29). The van der Waals surface area contributed by atoms with Gasteiger partial charge in [-0.25, -0.2) is 9.18 Å². The Labute approximate surface area is 189 Å². The molecule has 4 rings (SSSR count). The Balaban J connectivity index is 1.58. The second-order valence-electron chi connectivity index (χ2n) is 7.33. The highest BCUT2D eigenvalue weighted by Crippen LogP contribution is 2.40. The monoisotopic (exact) mass is 450 g/mol. The Kier molecular flexibility index (Phi) is 6.37. The van der Waals surface area contributed by atoms with Crippen molar-refractivity contribution in [3.63, 3.8) is 0 Å². The maximum Gasteiger partial charge on any atom is 0.341 e. The highest BCUT2D eigenvalue weighted by Gasteiger charge is 2.25. The molecule has 0 aliphatic carbocycles. The van der Waals surface area contributed by atoms with E-state index in [-0.39, 0.29) is 24.8 Å². The highest BCUT2D eigenvalue weighted by molar-refractivity contribution is 7.17. The minimum atomic E-state index is -0.511. The van der Waals surface area contributed by atoms with Gasteiger partial charge in [0.15, 0.2) is 0 Å². The van der Waals surface area contributed by atoms with Gasteiger partial charge in [0.05, 0.1) is 6.61 Å². The van der Waals surface area contributed by atoms with Crippen molar-refractivity contribution in [3.05, 3.63) is 77.1 Å². The summed E-state index contributed by atoms with van der Waals surface area (Å²) in [5.41, 5.74) is 2.72. The Morgan fingerprint density at radius 2 is 1.84 bits per heavy atom. The smallest absolute Gasteiger partial charge is 0.341 e. The minimum Gasteiger partial charge on any atom is -0.462 e. The van der Waals surface area contributed by atoms with Crippen LogP contribution in [0, 0.1) is 12.7 Å². The molecular formula is C25H23FN2O3S. The number of carbonyl (C=O) groups is 2. The van der Waals surface area contributed by atoms with Crippen molar-refractivity contribution < 1.29 is 18.7 Å². The molecule has 0 radical (unpaired) electrons. The molecule has 0 atom stereocenters. The third kappa shape index (κ3) is 4.43. The Hall–Kier alpha value is -3.45. The van der Waals surface area contributed by atoms with Crippen LogP contribution in [0.5, 0.6) is 0 Å². The molecular weight excluding hydrogens is 427 g/mol. The lowest BCUT2D eigenvalue weighted by Crippen LogP contribution is -2.16. The maximum atomic E-state index is 13.4. The number of hydrogen-bond acceptors (Lipinski definition) is 4. The van der Waals surface area contributed by atoms with Gasteiger partial charge in [-0.15, -0.1) is 11.3 Å². The van der Waals surface area contributed by atoms with Gasteiger partial charge in [0, 0.05) is 35.1 Å². The Bertz CT molecular complexity index is 1270. The lowest BCUT2D eigenvalue weighted by Gasteiger charge is -2.10. The van der Waals surface area contributed by atoms with Crippen molar-refractivity contribution >= 4 is 39.1 Å². The van der Waals surface area contributed by atoms with Gasteiger partial charge in [0.1, 0.15) is 16.4 Å². The molecule has 0 saturated carbocycles. The number of halogens is 1. The fraction of sp³-hybridized carbons (Fsp3) is 0.200. The van der Waals surface area contributed by atoms with Crippen LogP contribution in [0.4, 0.5) is 9.39 Å². The lowest BCUT2D eigenvalue weighted by molar-refractivity contribution is -0.116. The van der Waals surface area contributed by atoms with Gasteiger partial charge >= 0.3 is 5.97 Å². The number of carbonyl (C=O) groups excluding carboxylic acids is 2. The summed E-state index contributed by atoms with van der Waals surface area (Å²) in [5.74, 6) is -1.06. The summed E-state index contributed by atoms with van der Waals surface area (Å²) in [6.07, 6.45) is 2.22. The Morgan fingerprint density at radius 1 is 1.09 bits per heavy atom. The summed E-state index contributed by atoms with van der Waals surface area (Å²) >= 11 is 1.32. The second kappa shape index (κ2) is 9.36. The number of benzene rings is 2. The molecule has 0 fully saturated rings. The van der Waals surface area contributed by atoms with E-state index < -0.39 is 5.97 Å². The summed E-state index contributed by atoms with van der Waals surface area (Å²) in [6.45, 7) is 4.33. The molecule has 5 nitrogen and oxygen atoms in total. The van der Waals surface area contributed by atoms with Gasteiger partial charge in [-0.3, -0.25) is 4.79 Å². The number of thiophene rings is 1. The summed E-state index contributed by atoms with van der Waals surface area (Å²) in [6, 6.07) is 16.0. The Morgan fingerprint density at radius 3 is 2.59 bits per heavy atom. The number of aromatic nitrogens is 1. The van der Waals surface area contributed by atoms with Crippen LogP contribution in [0.2, 0.25) is 0 Å². The third-order valence-corrected chi connectivity index (χ3v) is 6.23.